The molecule has 0 aromatic heterocycles. The summed E-state index contributed by atoms with van der Waals surface area (Å²) in [6.45, 7) is 0.875. The Bertz CT molecular complexity index is 1100. The molecule has 2 aromatic carbocycles. The van der Waals surface area contributed by atoms with Gasteiger partial charge in [-0.1, -0.05) is 42.5 Å². The van der Waals surface area contributed by atoms with Crippen LogP contribution in [0.25, 0.3) is 6.08 Å². The molecule has 0 spiro atoms. The third-order valence-electron chi connectivity index (χ3n) is 4.54. The van der Waals surface area contributed by atoms with Crippen molar-refractivity contribution in [3.05, 3.63) is 76.7 Å². The first-order valence-corrected chi connectivity index (χ1v) is 10.9. The quantitative estimate of drug-likeness (QED) is 0.523. The van der Waals surface area contributed by atoms with Gasteiger partial charge in [0.2, 0.25) is 21.8 Å². The lowest BCUT2D eigenvalue weighted by molar-refractivity contribution is -0.138. The Morgan fingerprint density at radius 1 is 1.03 bits per heavy atom. The van der Waals surface area contributed by atoms with Crippen LogP contribution in [0.5, 0.6) is 0 Å². The van der Waals surface area contributed by atoms with E-state index in [1.807, 2.05) is 0 Å². The van der Waals surface area contributed by atoms with E-state index in [2.05, 4.69) is 10.0 Å². The highest BCUT2D eigenvalue weighted by atomic mass is 32.2. The summed E-state index contributed by atoms with van der Waals surface area (Å²) in [5.74, 6) is -1.85. The Kier molecular flexibility index (Phi) is 7.81. The van der Waals surface area contributed by atoms with E-state index in [1.165, 1.54) is 19.1 Å². The van der Waals surface area contributed by atoms with Gasteiger partial charge in [-0.2, -0.15) is 13.2 Å². The molecule has 32 heavy (non-hydrogen) atoms. The highest BCUT2D eigenvalue weighted by Gasteiger charge is 2.37. The summed E-state index contributed by atoms with van der Waals surface area (Å²) in [6, 6.07) is 12.6. The Hall–Kier alpha value is -3.18. The molecule has 0 fully saturated rings. The number of hydrogen-bond acceptors (Lipinski definition) is 4. The molecule has 11 heteroatoms. The second kappa shape index (κ2) is 9.96. The van der Waals surface area contributed by atoms with Gasteiger partial charge in [-0.05, 0) is 36.3 Å². The van der Waals surface area contributed by atoms with Gasteiger partial charge in [-0.3, -0.25) is 9.59 Å². The molecule has 1 unspecified atom stereocenters. The zero-order valence-electron chi connectivity index (χ0n) is 17.0. The number of amides is 2. The van der Waals surface area contributed by atoms with Crippen molar-refractivity contribution >= 4 is 27.9 Å². The fraction of sp³-hybridized carbons (Fsp3) is 0.238. The van der Waals surface area contributed by atoms with Gasteiger partial charge in [-0.25, -0.2) is 13.1 Å². The van der Waals surface area contributed by atoms with Gasteiger partial charge >= 0.3 is 6.18 Å². The standard InChI is InChI=1S/C21H22F3N3O4S/c1-20(19(25)29,16-8-5-9-17(14-16)21(22,23)24)27-18(28)10-12-26-32(30,31)13-11-15-6-3-2-4-7-15/h2-9,11,13-14,26H,10,12H2,1H3,(H2,25,29)(H,27,28). The predicted octanol–water partition coefficient (Wildman–Crippen LogP) is 2.50. The maximum Gasteiger partial charge on any atom is 0.416 e. The number of nitrogens with two attached hydrogens (primary N) is 1. The molecule has 0 heterocycles. The molecule has 2 amide bonds. The number of halogens is 3. The molecular weight excluding hydrogens is 447 g/mol. The molecule has 0 saturated carbocycles. The van der Waals surface area contributed by atoms with E-state index in [0.29, 0.717) is 5.56 Å². The number of primary amides is 1. The van der Waals surface area contributed by atoms with Crippen LogP contribution in [-0.4, -0.2) is 26.8 Å². The van der Waals surface area contributed by atoms with Gasteiger partial charge in [0.25, 0.3) is 0 Å². The van der Waals surface area contributed by atoms with Gasteiger partial charge in [-0.15, -0.1) is 0 Å². The van der Waals surface area contributed by atoms with Gasteiger partial charge in [0, 0.05) is 18.4 Å². The zero-order valence-corrected chi connectivity index (χ0v) is 17.8. The minimum absolute atomic E-state index is 0.153. The Morgan fingerprint density at radius 2 is 1.66 bits per heavy atom. The molecule has 0 aliphatic carbocycles. The molecule has 0 bridgehead atoms. The number of carbonyl (C=O) groups excluding carboxylic acids is 2. The van der Waals surface area contributed by atoms with Crippen molar-refractivity contribution in [3.8, 4) is 0 Å². The second-order valence-electron chi connectivity index (χ2n) is 7.02. The van der Waals surface area contributed by atoms with Crippen LogP contribution in [0.2, 0.25) is 0 Å². The van der Waals surface area contributed by atoms with Gasteiger partial charge in [0.1, 0.15) is 5.54 Å². The topological polar surface area (TPSA) is 118 Å². The molecular formula is C21H22F3N3O4S. The minimum Gasteiger partial charge on any atom is -0.367 e. The summed E-state index contributed by atoms with van der Waals surface area (Å²) in [4.78, 5) is 24.3. The molecule has 1 atom stereocenters. The molecule has 2 aromatic rings. The highest BCUT2D eigenvalue weighted by molar-refractivity contribution is 7.92. The van der Waals surface area contributed by atoms with Crippen molar-refractivity contribution in [3.63, 3.8) is 0 Å². The summed E-state index contributed by atoms with van der Waals surface area (Å²) in [7, 11) is -3.84. The molecule has 0 aliphatic heterocycles. The van der Waals surface area contributed by atoms with E-state index in [1.54, 1.807) is 30.3 Å². The number of carbonyl (C=O) groups is 2. The van der Waals surface area contributed by atoms with E-state index < -0.39 is 39.1 Å². The second-order valence-corrected chi connectivity index (χ2v) is 8.67. The fourth-order valence-electron chi connectivity index (χ4n) is 2.71. The number of rotatable bonds is 9. The van der Waals surface area contributed by atoms with Crippen molar-refractivity contribution in [1.29, 1.82) is 0 Å². The van der Waals surface area contributed by atoms with Crippen molar-refractivity contribution in [2.45, 2.75) is 25.1 Å². The maximum absolute atomic E-state index is 13.0. The van der Waals surface area contributed by atoms with Crippen LogP contribution in [0, 0.1) is 0 Å². The molecule has 172 valence electrons. The number of benzene rings is 2. The molecule has 0 aliphatic rings. The van der Waals surface area contributed by atoms with Crippen molar-refractivity contribution in [2.24, 2.45) is 5.73 Å². The van der Waals surface area contributed by atoms with E-state index in [-0.39, 0.29) is 18.5 Å². The monoisotopic (exact) mass is 469 g/mol. The lowest BCUT2D eigenvalue weighted by atomic mass is 9.89. The largest absolute Gasteiger partial charge is 0.416 e. The molecule has 0 radical (unpaired) electrons. The summed E-state index contributed by atoms with van der Waals surface area (Å²) >= 11 is 0. The minimum atomic E-state index is -4.65. The van der Waals surface area contributed by atoms with E-state index >= 15 is 0 Å². The normalized spacial score (nSPS) is 14.1. The van der Waals surface area contributed by atoms with Crippen molar-refractivity contribution in [1.82, 2.24) is 10.0 Å². The van der Waals surface area contributed by atoms with Crippen LogP contribution in [0.3, 0.4) is 0 Å². The van der Waals surface area contributed by atoms with Gasteiger partial charge < -0.3 is 11.1 Å². The average Bonchev–Trinajstić information content (AvgIpc) is 2.72. The van der Waals surface area contributed by atoms with Crippen LogP contribution in [0.4, 0.5) is 13.2 Å². The summed E-state index contributed by atoms with van der Waals surface area (Å²) < 4.78 is 65.2. The van der Waals surface area contributed by atoms with Crippen LogP contribution in [-0.2, 0) is 31.3 Å². The molecule has 4 N–H and O–H groups in total. The van der Waals surface area contributed by atoms with E-state index in [9.17, 15) is 31.2 Å². The lowest BCUT2D eigenvalue weighted by Crippen LogP contribution is -2.53. The smallest absolute Gasteiger partial charge is 0.367 e. The average molecular weight is 469 g/mol. The SMILES string of the molecule is CC(NC(=O)CCNS(=O)(=O)C=Cc1ccccc1)(C(N)=O)c1cccc(C(F)(F)F)c1. The Labute approximate surface area is 183 Å². The lowest BCUT2D eigenvalue weighted by Gasteiger charge is -2.28. The van der Waals surface area contributed by atoms with Gasteiger partial charge in [0.05, 0.1) is 5.56 Å². The number of hydrogen-bond donors (Lipinski definition) is 3. The number of alkyl halides is 3. The summed E-state index contributed by atoms with van der Waals surface area (Å²) in [5.41, 5.74) is 2.92. The fourth-order valence-corrected chi connectivity index (χ4v) is 3.53. The van der Waals surface area contributed by atoms with E-state index in [4.69, 9.17) is 5.73 Å². The zero-order chi connectivity index (χ0) is 24.0. The van der Waals surface area contributed by atoms with Gasteiger partial charge in [0.15, 0.2) is 0 Å². The maximum atomic E-state index is 13.0. The first kappa shape index (κ1) is 25.1. The van der Waals surface area contributed by atoms with Crippen LogP contribution >= 0.6 is 0 Å². The summed E-state index contributed by atoms with van der Waals surface area (Å²) in [6.07, 6.45) is -3.65. The third kappa shape index (κ3) is 6.92. The van der Waals surface area contributed by atoms with Crippen molar-refractivity contribution < 1.29 is 31.2 Å². The number of sulfonamides is 1. The van der Waals surface area contributed by atoms with Crippen LogP contribution < -0.4 is 15.8 Å². The van der Waals surface area contributed by atoms with Crippen LogP contribution in [0.1, 0.15) is 30.0 Å². The first-order chi connectivity index (χ1) is 14.8. The predicted molar refractivity (Wildman–Crippen MR) is 113 cm³/mol. The molecule has 0 saturated heterocycles. The van der Waals surface area contributed by atoms with Crippen LogP contribution in [0.15, 0.2) is 60.0 Å². The van der Waals surface area contributed by atoms with Crippen molar-refractivity contribution in [2.75, 3.05) is 6.54 Å². The molecule has 7 nitrogen and oxygen atoms in total. The Balaban J connectivity index is 2.03. The highest BCUT2D eigenvalue weighted by Crippen LogP contribution is 2.32. The first-order valence-electron chi connectivity index (χ1n) is 9.35. The Morgan fingerprint density at radius 3 is 2.25 bits per heavy atom. The number of nitrogens with one attached hydrogen (secondary N) is 2. The molecule has 2 rings (SSSR count). The summed E-state index contributed by atoms with van der Waals surface area (Å²) in [5, 5.41) is 3.24. The van der Waals surface area contributed by atoms with E-state index in [0.717, 1.165) is 23.6 Å². The third-order valence-corrected chi connectivity index (χ3v) is 5.64.